The van der Waals surface area contributed by atoms with Crippen molar-refractivity contribution in [2.45, 2.75) is 25.1 Å². The van der Waals surface area contributed by atoms with Crippen molar-refractivity contribution in [2.24, 2.45) is 5.73 Å². The molecule has 102 valence electrons. The van der Waals surface area contributed by atoms with Gasteiger partial charge in [-0.05, 0) is 12.8 Å². The van der Waals surface area contributed by atoms with E-state index in [4.69, 9.17) is 5.73 Å². The number of carbonyl (C=O) groups excluding carboxylic acids is 1. The number of amides is 1. The third-order valence-corrected chi connectivity index (χ3v) is 2.30. The van der Waals surface area contributed by atoms with Crippen LogP contribution in [0.4, 0.5) is 13.2 Å². The molecule has 2 N–H and O–H groups in total. The van der Waals surface area contributed by atoms with Crippen LogP contribution in [-0.4, -0.2) is 49.3 Å². The summed E-state index contributed by atoms with van der Waals surface area (Å²) in [6.45, 7) is -0.985. The number of ether oxygens (including phenoxy) is 1. The van der Waals surface area contributed by atoms with E-state index in [1.54, 1.807) is 0 Å². The zero-order chi connectivity index (χ0) is 12.2. The van der Waals surface area contributed by atoms with Gasteiger partial charge in [-0.2, -0.15) is 13.2 Å². The van der Waals surface area contributed by atoms with Crippen LogP contribution in [0.15, 0.2) is 0 Å². The molecule has 0 radical (unpaired) electrons. The molecule has 1 rings (SSSR count). The summed E-state index contributed by atoms with van der Waals surface area (Å²) in [5.74, 6) is -0.431. The monoisotopic (exact) mass is 276 g/mol. The first kappa shape index (κ1) is 16.5. The summed E-state index contributed by atoms with van der Waals surface area (Å²) >= 11 is 0. The molecule has 0 unspecified atom stereocenters. The van der Waals surface area contributed by atoms with Crippen molar-refractivity contribution in [2.75, 3.05) is 26.3 Å². The van der Waals surface area contributed by atoms with Gasteiger partial charge in [0.25, 0.3) is 0 Å². The van der Waals surface area contributed by atoms with Gasteiger partial charge in [-0.15, -0.1) is 12.4 Å². The van der Waals surface area contributed by atoms with Gasteiger partial charge >= 0.3 is 6.18 Å². The quantitative estimate of drug-likeness (QED) is 0.835. The summed E-state index contributed by atoms with van der Waals surface area (Å²) in [5, 5.41) is 0. The second kappa shape index (κ2) is 7.03. The lowest BCUT2D eigenvalue weighted by molar-refractivity contribution is -0.178. The molecule has 0 aromatic heterocycles. The number of piperidine rings is 1. The van der Waals surface area contributed by atoms with Crippen LogP contribution in [0.3, 0.4) is 0 Å². The summed E-state index contributed by atoms with van der Waals surface area (Å²) in [4.78, 5) is 12.9. The van der Waals surface area contributed by atoms with Crippen molar-refractivity contribution >= 4 is 18.3 Å². The van der Waals surface area contributed by atoms with Gasteiger partial charge in [0.2, 0.25) is 5.91 Å². The average molecular weight is 277 g/mol. The highest BCUT2D eigenvalue weighted by Crippen LogP contribution is 2.14. The lowest BCUT2D eigenvalue weighted by Gasteiger charge is -2.30. The summed E-state index contributed by atoms with van der Waals surface area (Å²) in [5.41, 5.74) is 5.65. The molecular formula is C9H16ClF3N2O2. The molecule has 8 heteroatoms. The van der Waals surface area contributed by atoms with E-state index < -0.39 is 25.3 Å². The zero-order valence-corrected chi connectivity index (χ0v) is 10.0. The molecule has 1 fully saturated rings. The molecular weight excluding hydrogens is 261 g/mol. The lowest BCUT2D eigenvalue weighted by Crippen LogP contribution is -2.47. The highest BCUT2D eigenvalue weighted by atomic mass is 35.5. The van der Waals surface area contributed by atoms with Crippen molar-refractivity contribution in [1.29, 1.82) is 0 Å². The predicted octanol–water partition coefficient (Wildman–Crippen LogP) is 0.937. The smallest absolute Gasteiger partial charge is 0.362 e. The van der Waals surface area contributed by atoms with Crippen molar-refractivity contribution < 1.29 is 22.7 Å². The zero-order valence-electron chi connectivity index (χ0n) is 9.20. The van der Waals surface area contributed by atoms with E-state index in [0.717, 1.165) is 12.8 Å². The molecule has 0 aromatic carbocycles. The van der Waals surface area contributed by atoms with Gasteiger partial charge in [0, 0.05) is 19.1 Å². The fourth-order valence-electron chi connectivity index (χ4n) is 1.58. The number of rotatable bonds is 3. The van der Waals surface area contributed by atoms with Crippen LogP contribution in [-0.2, 0) is 9.53 Å². The van der Waals surface area contributed by atoms with Crippen molar-refractivity contribution in [3.05, 3.63) is 0 Å². The summed E-state index contributed by atoms with van der Waals surface area (Å²) in [6, 6.07) is -0.0830. The van der Waals surface area contributed by atoms with Crippen LogP contribution in [0.25, 0.3) is 0 Å². The molecule has 1 aliphatic heterocycles. The minimum Gasteiger partial charge on any atom is -0.362 e. The third-order valence-electron chi connectivity index (χ3n) is 2.30. The number of halogens is 4. The minimum absolute atomic E-state index is 0. The van der Waals surface area contributed by atoms with Gasteiger partial charge < -0.3 is 15.4 Å². The molecule has 1 saturated heterocycles. The summed E-state index contributed by atoms with van der Waals surface area (Å²) < 4.78 is 39.5. The number of alkyl halides is 3. The van der Waals surface area contributed by atoms with Crippen LogP contribution < -0.4 is 5.73 Å². The van der Waals surface area contributed by atoms with Gasteiger partial charge in [-0.25, -0.2) is 0 Å². The van der Waals surface area contributed by atoms with E-state index in [9.17, 15) is 18.0 Å². The molecule has 0 spiro atoms. The minimum atomic E-state index is -4.39. The maximum absolute atomic E-state index is 11.7. The van der Waals surface area contributed by atoms with E-state index in [1.165, 1.54) is 4.90 Å². The van der Waals surface area contributed by atoms with Crippen LogP contribution >= 0.6 is 12.4 Å². The van der Waals surface area contributed by atoms with E-state index in [1.807, 2.05) is 0 Å². The van der Waals surface area contributed by atoms with E-state index in [0.29, 0.717) is 13.1 Å². The average Bonchev–Trinajstić information content (AvgIpc) is 2.15. The fourth-order valence-corrected chi connectivity index (χ4v) is 1.58. The molecule has 1 amide bonds. The Labute approximate surface area is 104 Å². The number of nitrogens with zero attached hydrogens (tertiary/aromatic N) is 1. The molecule has 0 aliphatic carbocycles. The third kappa shape index (κ3) is 6.70. The molecule has 17 heavy (non-hydrogen) atoms. The van der Waals surface area contributed by atoms with Crippen molar-refractivity contribution in [1.82, 2.24) is 4.90 Å². The normalized spacial score (nSPS) is 20.9. The lowest BCUT2D eigenvalue weighted by atomic mass is 10.1. The fraction of sp³-hybridized carbons (Fsp3) is 0.889. The Morgan fingerprint density at radius 2 is 2.12 bits per heavy atom. The maximum atomic E-state index is 11.7. The Morgan fingerprint density at radius 1 is 1.47 bits per heavy atom. The number of likely N-dealkylation sites (tertiary alicyclic amines) is 1. The first-order chi connectivity index (χ1) is 7.38. The predicted molar refractivity (Wildman–Crippen MR) is 57.9 cm³/mol. The number of carbonyl (C=O) groups is 1. The number of hydrogen-bond acceptors (Lipinski definition) is 3. The number of nitrogens with two attached hydrogens (primary N) is 1. The molecule has 0 aromatic rings. The maximum Gasteiger partial charge on any atom is 0.411 e. The summed E-state index contributed by atoms with van der Waals surface area (Å²) in [6.07, 6.45) is -2.77. The first-order valence-corrected chi connectivity index (χ1v) is 5.06. The molecule has 1 heterocycles. The highest BCUT2D eigenvalue weighted by molar-refractivity contribution is 5.85. The van der Waals surface area contributed by atoms with Gasteiger partial charge in [0.05, 0.1) is 0 Å². The standard InChI is InChI=1S/C9H15F3N2O2.ClH/c10-9(11,12)6-16-5-8(15)14-3-1-2-7(13)4-14;/h7H,1-6,13H2;1H/t7-;/m1./s1. The molecule has 0 bridgehead atoms. The Balaban J connectivity index is 0.00000256. The highest BCUT2D eigenvalue weighted by Gasteiger charge is 2.28. The van der Waals surface area contributed by atoms with E-state index in [2.05, 4.69) is 4.74 Å². The Kier molecular flexibility index (Phi) is 6.81. The number of hydrogen-bond donors (Lipinski definition) is 1. The first-order valence-electron chi connectivity index (χ1n) is 5.06. The van der Waals surface area contributed by atoms with E-state index >= 15 is 0 Å². The largest absolute Gasteiger partial charge is 0.411 e. The van der Waals surface area contributed by atoms with Gasteiger partial charge in [0.15, 0.2) is 0 Å². The molecule has 1 atom stereocenters. The summed E-state index contributed by atoms with van der Waals surface area (Å²) in [7, 11) is 0. The topological polar surface area (TPSA) is 55.6 Å². The molecule has 1 aliphatic rings. The molecule has 0 saturated carbocycles. The Hall–Kier alpha value is -0.530. The SMILES string of the molecule is Cl.N[C@@H]1CCCN(C(=O)COCC(F)(F)F)C1. The van der Waals surface area contributed by atoms with Crippen LogP contribution in [0.2, 0.25) is 0 Å². The van der Waals surface area contributed by atoms with Crippen molar-refractivity contribution in [3.8, 4) is 0 Å². The second-order valence-corrected chi connectivity index (χ2v) is 3.85. The second-order valence-electron chi connectivity index (χ2n) is 3.85. The Bertz CT molecular complexity index is 251. The van der Waals surface area contributed by atoms with Crippen LogP contribution in [0, 0.1) is 0 Å². The van der Waals surface area contributed by atoms with Crippen LogP contribution in [0.5, 0.6) is 0 Å². The Morgan fingerprint density at radius 3 is 2.65 bits per heavy atom. The van der Waals surface area contributed by atoms with Crippen LogP contribution in [0.1, 0.15) is 12.8 Å². The van der Waals surface area contributed by atoms with E-state index in [-0.39, 0.29) is 18.4 Å². The molecule has 4 nitrogen and oxygen atoms in total. The van der Waals surface area contributed by atoms with Gasteiger partial charge in [-0.3, -0.25) is 4.79 Å². The van der Waals surface area contributed by atoms with Crippen molar-refractivity contribution in [3.63, 3.8) is 0 Å². The van der Waals surface area contributed by atoms with Gasteiger partial charge in [0.1, 0.15) is 13.2 Å². The van der Waals surface area contributed by atoms with Gasteiger partial charge in [-0.1, -0.05) is 0 Å².